The van der Waals surface area contributed by atoms with Gasteiger partial charge in [-0.2, -0.15) is 5.26 Å². The van der Waals surface area contributed by atoms with Crippen molar-refractivity contribution < 1.29 is 4.79 Å². The summed E-state index contributed by atoms with van der Waals surface area (Å²) < 4.78 is 0. The maximum atomic E-state index is 12.0. The highest BCUT2D eigenvalue weighted by molar-refractivity contribution is 5.91. The van der Waals surface area contributed by atoms with Crippen molar-refractivity contribution in [2.75, 3.05) is 11.9 Å². The summed E-state index contributed by atoms with van der Waals surface area (Å²) in [6.45, 7) is 4.56. The third kappa shape index (κ3) is 7.84. The van der Waals surface area contributed by atoms with E-state index in [0.29, 0.717) is 30.3 Å². The second-order valence-corrected chi connectivity index (χ2v) is 8.03. The van der Waals surface area contributed by atoms with E-state index >= 15 is 0 Å². The number of pyridine rings is 1. The van der Waals surface area contributed by atoms with Gasteiger partial charge in [0.05, 0.1) is 18.1 Å². The van der Waals surface area contributed by atoms with E-state index in [9.17, 15) is 4.79 Å². The van der Waals surface area contributed by atoms with Gasteiger partial charge in [0.1, 0.15) is 11.6 Å². The minimum Gasteiger partial charge on any atom is -0.330 e. The molecule has 2 aromatic heterocycles. The number of aromatic nitrogens is 3. The molecule has 0 aliphatic heterocycles. The van der Waals surface area contributed by atoms with Gasteiger partial charge in [0.15, 0.2) is 0 Å². The fraction of sp³-hybridized carbons (Fsp3) is 0.179. The molecule has 0 bridgehead atoms. The third-order valence-electron chi connectivity index (χ3n) is 5.32. The van der Waals surface area contributed by atoms with Gasteiger partial charge in [-0.1, -0.05) is 49.4 Å². The number of rotatable bonds is 6. The topological polar surface area (TPSA) is 118 Å². The fourth-order valence-electron chi connectivity index (χ4n) is 3.17. The number of carbonyl (C=O) groups excluding carboxylic acids is 1. The molecule has 35 heavy (non-hydrogen) atoms. The highest BCUT2D eigenvalue weighted by Crippen LogP contribution is 2.18. The highest BCUT2D eigenvalue weighted by Gasteiger charge is 2.06. The first-order chi connectivity index (χ1) is 17.0. The Balaban J connectivity index is 0.000000241. The predicted octanol–water partition coefficient (Wildman–Crippen LogP) is 4.65. The van der Waals surface area contributed by atoms with E-state index in [1.54, 1.807) is 24.7 Å². The molecule has 0 saturated carbocycles. The molecule has 2 heterocycles. The van der Waals surface area contributed by atoms with Crippen molar-refractivity contribution in [2.24, 2.45) is 5.73 Å². The average Bonchev–Trinajstić information content (AvgIpc) is 2.90. The Kier molecular flexibility index (Phi) is 9.17. The van der Waals surface area contributed by atoms with Crippen molar-refractivity contribution in [3.8, 4) is 17.2 Å². The second kappa shape index (κ2) is 12.7. The van der Waals surface area contributed by atoms with Crippen molar-refractivity contribution in [3.63, 3.8) is 0 Å². The lowest BCUT2D eigenvalue weighted by molar-refractivity contribution is -0.115. The highest BCUT2D eigenvalue weighted by atomic mass is 16.1. The van der Waals surface area contributed by atoms with Crippen molar-refractivity contribution in [1.29, 1.82) is 5.26 Å². The molecule has 0 fully saturated rings. The molecule has 1 atom stereocenters. The van der Waals surface area contributed by atoms with E-state index in [1.165, 1.54) is 5.56 Å². The third-order valence-corrected chi connectivity index (χ3v) is 5.32. The van der Waals surface area contributed by atoms with Crippen LogP contribution < -0.4 is 11.1 Å². The summed E-state index contributed by atoms with van der Waals surface area (Å²) in [5.74, 6) is 1.54. The van der Waals surface area contributed by atoms with Crippen LogP contribution in [0.25, 0.3) is 11.1 Å². The Bertz CT molecular complexity index is 1250. The molecule has 1 amide bonds. The largest absolute Gasteiger partial charge is 0.330 e. The zero-order valence-electron chi connectivity index (χ0n) is 19.8. The molecule has 4 rings (SSSR count). The second-order valence-electron chi connectivity index (χ2n) is 8.03. The number of nitriles is 1. The summed E-state index contributed by atoms with van der Waals surface area (Å²) in [6.07, 6.45) is 5.54. The zero-order valence-corrected chi connectivity index (χ0v) is 19.8. The van der Waals surface area contributed by atoms with Crippen LogP contribution in [0.2, 0.25) is 0 Å². The number of aryl methyl sites for hydroxylation is 1. The Morgan fingerprint density at radius 1 is 0.943 bits per heavy atom. The monoisotopic (exact) mass is 464 g/mol. The molecule has 0 aliphatic carbocycles. The van der Waals surface area contributed by atoms with Crippen LogP contribution in [0.1, 0.15) is 35.4 Å². The Morgan fingerprint density at radius 3 is 2.17 bits per heavy atom. The summed E-state index contributed by atoms with van der Waals surface area (Å²) in [6, 6.07) is 22.9. The number of carbonyl (C=O) groups is 1. The average molecular weight is 465 g/mol. The maximum Gasteiger partial charge on any atom is 0.229 e. The Labute approximate surface area is 205 Å². The number of hydrogen-bond donors (Lipinski definition) is 2. The molecule has 4 aromatic rings. The molecule has 0 saturated heterocycles. The summed E-state index contributed by atoms with van der Waals surface area (Å²) in [4.78, 5) is 24.6. The lowest BCUT2D eigenvalue weighted by Crippen LogP contribution is -2.15. The molecule has 1 unspecified atom stereocenters. The molecule has 7 nitrogen and oxygen atoms in total. The van der Waals surface area contributed by atoms with Gasteiger partial charge in [0.25, 0.3) is 0 Å². The van der Waals surface area contributed by atoms with Crippen molar-refractivity contribution in [1.82, 2.24) is 15.0 Å². The first kappa shape index (κ1) is 25.2. The molecule has 3 N–H and O–H groups in total. The molecule has 0 spiro atoms. The van der Waals surface area contributed by atoms with Crippen LogP contribution in [-0.2, 0) is 11.2 Å². The van der Waals surface area contributed by atoms with Gasteiger partial charge in [-0.25, -0.2) is 15.0 Å². The minimum atomic E-state index is -0.0879. The van der Waals surface area contributed by atoms with Gasteiger partial charge < -0.3 is 11.1 Å². The lowest BCUT2D eigenvalue weighted by Gasteiger charge is -2.07. The molecular weight excluding hydrogens is 436 g/mol. The van der Waals surface area contributed by atoms with E-state index in [4.69, 9.17) is 11.0 Å². The van der Waals surface area contributed by atoms with E-state index in [0.717, 1.165) is 22.5 Å². The van der Waals surface area contributed by atoms with Crippen LogP contribution in [0.5, 0.6) is 0 Å². The van der Waals surface area contributed by atoms with E-state index in [-0.39, 0.29) is 5.91 Å². The normalized spacial score (nSPS) is 10.9. The SMILES string of the molecule is CC(CN)c1ccc(C#N)cc1.Cc1ncc(-c2ccc(NC(=O)Cc3ccccc3)nc2)cn1. The van der Waals surface area contributed by atoms with Gasteiger partial charge >= 0.3 is 0 Å². The first-order valence-corrected chi connectivity index (χ1v) is 11.3. The van der Waals surface area contributed by atoms with Gasteiger partial charge in [0, 0.05) is 29.7 Å². The van der Waals surface area contributed by atoms with Crippen LogP contribution >= 0.6 is 0 Å². The zero-order chi connectivity index (χ0) is 25.0. The Morgan fingerprint density at radius 2 is 1.60 bits per heavy atom. The van der Waals surface area contributed by atoms with Crippen LogP contribution in [0.3, 0.4) is 0 Å². The standard InChI is InChI=1S/C18H16N4O.C10H12N2/c1-13-19-11-16(12-20-13)15-7-8-17(21-10-15)22-18(23)9-14-5-3-2-4-6-14;1-8(6-11)10-4-2-9(7-12)3-5-10/h2-8,10-12H,9H2,1H3,(H,21,22,23);2-5,8H,6,11H2,1H3. The molecule has 7 heteroatoms. The van der Waals surface area contributed by atoms with E-state index in [2.05, 4.69) is 33.3 Å². The fourth-order valence-corrected chi connectivity index (χ4v) is 3.17. The van der Waals surface area contributed by atoms with Gasteiger partial charge in [-0.3, -0.25) is 4.79 Å². The number of anilines is 1. The Hall–Kier alpha value is -4.41. The van der Waals surface area contributed by atoms with E-state index < -0.39 is 0 Å². The van der Waals surface area contributed by atoms with Gasteiger partial charge in [0.2, 0.25) is 5.91 Å². The van der Waals surface area contributed by atoms with Crippen LogP contribution in [-0.4, -0.2) is 27.4 Å². The molecule has 0 aliphatic rings. The molecular formula is C28H28N6O. The summed E-state index contributed by atoms with van der Waals surface area (Å²) in [5.41, 5.74) is 10.2. The number of benzene rings is 2. The first-order valence-electron chi connectivity index (χ1n) is 11.3. The van der Waals surface area contributed by atoms with Crippen LogP contribution in [0, 0.1) is 18.3 Å². The molecule has 2 aromatic carbocycles. The van der Waals surface area contributed by atoms with Crippen LogP contribution in [0.4, 0.5) is 5.82 Å². The lowest BCUT2D eigenvalue weighted by atomic mass is 10.0. The summed E-state index contributed by atoms with van der Waals surface area (Å²) in [5, 5.41) is 11.3. The smallest absolute Gasteiger partial charge is 0.229 e. The molecule has 176 valence electrons. The maximum absolute atomic E-state index is 12.0. The molecule has 0 radical (unpaired) electrons. The van der Waals surface area contributed by atoms with Crippen molar-refractivity contribution in [2.45, 2.75) is 26.2 Å². The minimum absolute atomic E-state index is 0.0879. The van der Waals surface area contributed by atoms with Crippen molar-refractivity contribution >= 4 is 11.7 Å². The number of nitrogens with two attached hydrogens (primary N) is 1. The van der Waals surface area contributed by atoms with E-state index in [1.807, 2.05) is 67.6 Å². The quantitative estimate of drug-likeness (QED) is 0.429. The predicted molar refractivity (Wildman–Crippen MR) is 137 cm³/mol. The van der Waals surface area contributed by atoms with Crippen molar-refractivity contribution in [3.05, 3.63) is 108 Å². The van der Waals surface area contributed by atoms with Crippen LogP contribution in [0.15, 0.2) is 85.3 Å². The number of hydrogen-bond acceptors (Lipinski definition) is 6. The summed E-state index contributed by atoms with van der Waals surface area (Å²) >= 11 is 0. The number of nitrogens with one attached hydrogen (secondary N) is 1. The number of amides is 1. The number of nitrogens with zero attached hydrogens (tertiary/aromatic N) is 4. The summed E-state index contributed by atoms with van der Waals surface area (Å²) in [7, 11) is 0. The van der Waals surface area contributed by atoms with Gasteiger partial charge in [-0.05, 0) is 54.8 Å². The van der Waals surface area contributed by atoms with Gasteiger partial charge in [-0.15, -0.1) is 0 Å².